The van der Waals surface area contributed by atoms with Crippen LogP contribution in [0.15, 0.2) is 0 Å². The first-order valence-electron chi connectivity index (χ1n) is 12.3. The fraction of sp³-hybridized carbons (Fsp3) is 1.00. The highest BCUT2D eigenvalue weighted by Gasteiger charge is 2.60. The summed E-state index contributed by atoms with van der Waals surface area (Å²) in [5, 5.41) is 0. The van der Waals surface area contributed by atoms with Crippen LogP contribution in [0.1, 0.15) is 98.8 Å². The Bertz CT molecular complexity index is 508. The Morgan fingerprint density at radius 1 is 0.633 bits per heavy atom. The second kappa shape index (κ2) is 11.1. The van der Waals surface area contributed by atoms with Crippen LogP contribution in [0.5, 0.6) is 0 Å². The quantitative estimate of drug-likeness (QED) is 0.370. The molecule has 6 nitrogen and oxygen atoms in total. The van der Waals surface area contributed by atoms with Gasteiger partial charge in [-0.2, -0.15) is 0 Å². The first-order valence-corrected chi connectivity index (χ1v) is 12.3. The normalized spacial score (nSPS) is 34.1. The van der Waals surface area contributed by atoms with Crippen LogP contribution < -0.4 is 0 Å². The van der Waals surface area contributed by atoms with Gasteiger partial charge in [0.2, 0.25) is 0 Å². The van der Waals surface area contributed by atoms with E-state index in [0.717, 1.165) is 13.0 Å². The molecule has 0 bridgehead atoms. The topological polar surface area (TPSA) is 55.4 Å². The summed E-state index contributed by atoms with van der Waals surface area (Å²) < 4.78 is 36.4. The van der Waals surface area contributed by atoms with Crippen molar-refractivity contribution < 1.29 is 28.4 Å². The third-order valence-electron chi connectivity index (χ3n) is 6.18. The summed E-state index contributed by atoms with van der Waals surface area (Å²) in [5.74, 6) is -1.33. The van der Waals surface area contributed by atoms with E-state index < -0.39 is 17.9 Å². The molecule has 3 heterocycles. The van der Waals surface area contributed by atoms with Crippen LogP contribution in [0.4, 0.5) is 0 Å². The van der Waals surface area contributed by atoms with Gasteiger partial charge in [-0.05, 0) is 34.1 Å². The van der Waals surface area contributed by atoms with E-state index in [1.54, 1.807) is 0 Å². The predicted molar refractivity (Wildman–Crippen MR) is 115 cm³/mol. The zero-order valence-electron chi connectivity index (χ0n) is 19.8. The molecule has 3 saturated heterocycles. The molecule has 0 aromatic carbocycles. The molecule has 0 aromatic rings. The molecule has 3 aliphatic heterocycles. The Balaban J connectivity index is 1.31. The van der Waals surface area contributed by atoms with Crippen LogP contribution in [0, 0.1) is 0 Å². The summed E-state index contributed by atoms with van der Waals surface area (Å²) in [7, 11) is 0. The molecular formula is C24H44O6. The number of ether oxygens (including phenoxy) is 6. The number of fused-ring (bicyclic) bond motifs is 3. The Hall–Kier alpha value is -0.240. The summed E-state index contributed by atoms with van der Waals surface area (Å²) in [6.45, 7) is 11.2. The van der Waals surface area contributed by atoms with Gasteiger partial charge in [0, 0.05) is 6.61 Å². The van der Waals surface area contributed by atoms with Crippen LogP contribution in [0.2, 0.25) is 0 Å². The highest BCUT2D eigenvalue weighted by atomic mass is 16.9. The Labute approximate surface area is 183 Å². The molecular weight excluding hydrogens is 384 g/mol. The third-order valence-corrected chi connectivity index (χ3v) is 6.18. The minimum Gasteiger partial charge on any atom is -0.379 e. The zero-order chi connectivity index (χ0) is 21.6. The van der Waals surface area contributed by atoms with E-state index in [2.05, 4.69) is 6.92 Å². The van der Waals surface area contributed by atoms with Gasteiger partial charge in [-0.15, -0.1) is 0 Å². The lowest BCUT2D eigenvalue weighted by atomic mass is 9.99. The molecule has 0 aromatic heterocycles. The van der Waals surface area contributed by atoms with Gasteiger partial charge in [0.15, 0.2) is 17.9 Å². The molecule has 0 aliphatic carbocycles. The van der Waals surface area contributed by atoms with Crippen LogP contribution in [0.3, 0.4) is 0 Å². The maximum atomic E-state index is 6.18. The molecule has 176 valence electrons. The lowest BCUT2D eigenvalue weighted by Gasteiger charge is -2.37. The van der Waals surface area contributed by atoms with E-state index in [9.17, 15) is 0 Å². The zero-order valence-corrected chi connectivity index (χ0v) is 19.8. The van der Waals surface area contributed by atoms with Gasteiger partial charge in [0.1, 0.15) is 24.4 Å². The van der Waals surface area contributed by atoms with Gasteiger partial charge in [0.25, 0.3) is 0 Å². The summed E-state index contributed by atoms with van der Waals surface area (Å²) in [5.41, 5.74) is 0. The molecule has 3 aliphatic rings. The van der Waals surface area contributed by atoms with Crippen molar-refractivity contribution in [3.8, 4) is 0 Å². The van der Waals surface area contributed by atoms with Crippen LogP contribution in [-0.4, -0.2) is 55.5 Å². The molecule has 0 amide bonds. The first kappa shape index (κ1) is 24.4. The fourth-order valence-corrected chi connectivity index (χ4v) is 4.72. The Kier molecular flexibility index (Phi) is 9.00. The molecule has 5 atom stereocenters. The standard InChI is InChI=1S/C24H44O6/c1-6-7-8-9-10-11-12-13-14-15-16-25-17-18-19-20(28-23(2,3)27-19)21-22(26-18)30-24(4,5)29-21/h18-22H,6-17H2,1-5H3/t18-,19-,20+,21+,22+/m0/s1. The number of hydrogen-bond acceptors (Lipinski definition) is 6. The summed E-state index contributed by atoms with van der Waals surface area (Å²) in [6, 6.07) is 0. The van der Waals surface area contributed by atoms with Crippen molar-refractivity contribution in [3.05, 3.63) is 0 Å². The molecule has 0 unspecified atom stereocenters. The molecule has 3 rings (SSSR count). The summed E-state index contributed by atoms with van der Waals surface area (Å²) in [6.07, 6.45) is 11.9. The van der Waals surface area contributed by atoms with Gasteiger partial charge in [-0.25, -0.2) is 0 Å². The molecule has 0 saturated carbocycles. The van der Waals surface area contributed by atoms with Gasteiger partial charge in [0.05, 0.1) is 6.61 Å². The molecule has 0 radical (unpaired) electrons. The number of unbranched alkanes of at least 4 members (excludes halogenated alkanes) is 9. The molecule has 0 spiro atoms. The number of rotatable bonds is 13. The average Bonchev–Trinajstić information content (AvgIpc) is 3.16. The van der Waals surface area contributed by atoms with E-state index in [-0.39, 0.29) is 24.4 Å². The molecule has 3 fully saturated rings. The van der Waals surface area contributed by atoms with E-state index in [1.165, 1.54) is 57.8 Å². The van der Waals surface area contributed by atoms with E-state index in [1.807, 2.05) is 27.7 Å². The summed E-state index contributed by atoms with van der Waals surface area (Å²) in [4.78, 5) is 0. The minimum atomic E-state index is -0.679. The maximum absolute atomic E-state index is 6.18. The molecule has 6 heteroatoms. The van der Waals surface area contributed by atoms with E-state index >= 15 is 0 Å². The molecule has 30 heavy (non-hydrogen) atoms. The van der Waals surface area contributed by atoms with Crippen molar-refractivity contribution in [3.63, 3.8) is 0 Å². The van der Waals surface area contributed by atoms with Crippen molar-refractivity contribution in [2.75, 3.05) is 13.2 Å². The van der Waals surface area contributed by atoms with Crippen LogP contribution in [-0.2, 0) is 28.4 Å². The Morgan fingerprint density at radius 2 is 1.17 bits per heavy atom. The van der Waals surface area contributed by atoms with Crippen molar-refractivity contribution >= 4 is 0 Å². The third kappa shape index (κ3) is 6.88. The van der Waals surface area contributed by atoms with Gasteiger partial charge < -0.3 is 28.4 Å². The first-order chi connectivity index (χ1) is 14.3. The largest absolute Gasteiger partial charge is 0.379 e. The predicted octanol–water partition coefficient (Wildman–Crippen LogP) is 5.32. The van der Waals surface area contributed by atoms with E-state index in [0.29, 0.717) is 6.61 Å². The monoisotopic (exact) mass is 428 g/mol. The highest BCUT2D eigenvalue weighted by Crippen LogP contribution is 2.44. The second-order valence-electron chi connectivity index (χ2n) is 9.96. The van der Waals surface area contributed by atoms with Crippen LogP contribution >= 0.6 is 0 Å². The molecule has 0 N–H and O–H groups in total. The van der Waals surface area contributed by atoms with Gasteiger partial charge in [-0.1, -0.05) is 64.7 Å². The maximum Gasteiger partial charge on any atom is 0.190 e. The smallest absolute Gasteiger partial charge is 0.190 e. The van der Waals surface area contributed by atoms with Gasteiger partial charge >= 0.3 is 0 Å². The number of hydrogen-bond donors (Lipinski definition) is 0. The lowest BCUT2D eigenvalue weighted by molar-refractivity contribution is -0.243. The van der Waals surface area contributed by atoms with Crippen molar-refractivity contribution in [2.24, 2.45) is 0 Å². The van der Waals surface area contributed by atoms with Crippen molar-refractivity contribution in [2.45, 2.75) is 141 Å². The fourth-order valence-electron chi connectivity index (χ4n) is 4.72. The van der Waals surface area contributed by atoms with E-state index in [4.69, 9.17) is 28.4 Å². The Morgan fingerprint density at radius 3 is 1.83 bits per heavy atom. The van der Waals surface area contributed by atoms with Gasteiger partial charge in [-0.3, -0.25) is 0 Å². The minimum absolute atomic E-state index is 0.202. The van der Waals surface area contributed by atoms with Crippen molar-refractivity contribution in [1.82, 2.24) is 0 Å². The highest BCUT2D eigenvalue weighted by molar-refractivity contribution is 5.00. The lowest BCUT2D eigenvalue weighted by Crippen LogP contribution is -2.56. The summed E-state index contributed by atoms with van der Waals surface area (Å²) >= 11 is 0. The SMILES string of the molecule is CCCCCCCCCCCCOC[C@@H]1O[C@@H]2OC(C)(C)O[C@@H]2[C@@H]2OC(C)(C)O[C@H]21. The second-order valence-corrected chi connectivity index (χ2v) is 9.96. The van der Waals surface area contributed by atoms with Crippen molar-refractivity contribution in [1.29, 1.82) is 0 Å². The average molecular weight is 429 g/mol. The van der Waals surface area contributed by atoms with Crippen LogP contribution in [0.25, 0.3) is 0 Å².